The van der Waals surface area contributed by atoms with E-state index in [0.717, 1.165) is 57.8 Å². The van der Waals surface area contributed by atoms with Crippen molar-refractivity contribution in [3.05, 3.63) is 36.5 Å². The van der Waals surface area contributed by atoms with Gasteiger partial charge in [-0.2, -0.15) is 0 Å². The van der Waals surface area contributed by atoms with Gasteiger partial charge in [0, 0.05) is 19.3 Å². The number of carbonyl (C=O) groups is 3. The lowest BCUT2D eigenvalue weighted by atomic mass is 10.0. The third-order valence-corrected chi connectivity index (χ3v) is 9.79. The molecule has 0 radical (unpaired) electrons. The molecule has 2 atom stereocenters. The van der Waals surface area contributed by atoms with Crippen LogP contribution in [0.15, 0.2) is 36.5 Å². The average molecular weight is 762 g/mol. The Kier molecular flexibility index (Phi) is 35.8. The van der Waals surface area contributed by atoms with Crippen molar-refractivity contribution in [1.82, 2.24) is 0 Å². The molecule has 0 fully saturated rings. The van der Waals surface area contributed by atoms with Gasteiger partial charge >= 0.3 is 11.9 Å². The molecule has 0 heterocycles. The fraction of sp³-hybridized carbons (Fsp3) is 0.804. The minimum absolute atomic E-state index is 0.0309. The van der Waals surface area contributed by atoms with Gasteiger partial charge in [0.2, 0.25) is 0 Å². The SMILES string of the molecule is CC/C=C/C/C=C/C/C=C/CCCCC(=O)OCC(COCCC(C(=O)[O-])[N+](C)(C)C)OC(=O)CCCCCCCCCCCCCCCCCCCC. The summed E-state index contributed by atoms with van der Waals surface area (Å²) in [5, 5.41) is 11.6. The number of ether oxygens (including phenoxy) is 3. The minimum atomic E-state index is -1.13. The molecule has 0 saturated heterocycles. The Balaban J connectivity index is 4.33. The van der Waals surface area contributed by atoms with E-state index in [9.17, 15) is 19.5 Å². The first-order valence-corrected chi connectivity index (χ1v) is 22.0. The van der Waals surface area contributed by atoms with Gasteiger partial charge in [0.05, 0.1) is 40.3 Å². The second-order valence-electron chi connectivity index (χ2n) is 15.9. The van der Waals surface area contributed by atoms with E-state index in [1.807, 2.05) is 0 Å². The number of carboxylic acids is 1. The second kappa shape index (κ2) is 37.5. The molecule has 0 saturated carbocycles. The van der Waals surface area contributed by atoms with Crippen LogP contribution in [0, 0.1) is 0 Å². The van der Waals surface area contributed by atoms with Crippen LogP contribution in [-0.4, -0.2) is 75.5 Å². The Bertz CT molecular complexity index is 984. The molecule has 0 aliphatic carbocycles. The summed E-state index contributed by atoms with van der Waals surface area (Å²) in [6.07, 6.45) is 41.8. The zero-order valence-corrected chi connectivity index (χ0v) is 35.6. The number of carbonyl (C=O) groups excluding carboxylic acids is 3. The van der Waals surface area contributed by atoms with Crippen molar-refractivity contribution >= 4 is 17.9 Å². The monoisotopic (exact) mass is 762 g/mol. The summed E-state index contributed by atoms with van der Waals surface area (Å²) in [4.78, 5) is 36.8. The first-order chi connectivity index (χ1) is 26.1. The van der Waals surface area contributed by atoms with E-state index < -0.39 is 18.1 Å². The van der Waals surface area contributed by atoms with Gasteiger partial charge in [-0.15, -0.1) is 0 Å². The summed E-state index contributed by atoms with van der Waals surface area (Å²) < 4.78 is 17.1. The molecule has 0 aromatic rings. The maximum atomic E-state index is 12.7. The van der Waals surface area contributed by atoms with E-state index in [0.29, 0.717) is 12.8 Å². The van der Waals surface area contributed by atoms with Crippen LogP contribution in [-0.2, 0) is 28.6 Å². The number of esters is 2. The number of nitrogens with zero attached hydrogens (tertiary/aromatic N) is 1. The van der Waals surface area contributed by atoms with Crippen molar-refractivity contribution in [2.75, 3.05) is 41.0 Å². The van der Waals surface area contributed by atoms with Crippen molar-refractivity contribution in [1.29, 1.82) is 0 Å². The van der Waals surface area contributed by atoms with E-state index in [-0.39, 0.29) is 42.7 Å². The molecule has 8 heteroatoms. The predicted molar refractivity (Wildman–Crippen MR) is 222 cm³/mol. The molecule has 0 aromatic carbocycles. The first-order valence-electron chi connectivity index (χ1n) is 22.0. The van der Waals surface area contributed by atoms with E-state index in [1.54, 1.807) is 21.1 Å². The maximum Gasteiger partial charge on any atom is 0.306 e. The largest absolute Gasteiger partial charge is 0.544 e. The smallest absolute Gasteiger partial charge is 0.306 e. The fourth-order valence-electron chi connectivity index (χ4n) is 6.38. The van der Waals surface area contributed by atoms with Crippen LogP contribution in [0.1, 0.15) is 187 Å². The van der Waals surface area contributed by atoms with Gasteiger partial charge < -0.3 is 28.6 Å². The molecule has 0 amide bonds. The van der Waals surface area contributed by atoms with Gasteiger partial charge in [-0.05, 0) is 44.9 Å². The zero-order chi connectivity index (χ0) is 40.0. The quantitative estimate of drug-likeness (QED) is 0.0266. The maximum absolute atomic E-state index is 12.7. The third kappa shape index (κ3) is 35.3. The number of likely N-dealkylation sites (N-methyl/N-ethyl adjacent to an activating group) is 1. The molecular weight excluding hydrogens is 679 g/mol. The standard InChI is InChI=1S/C46H83NO7/c1-6-8-10-12-14-16-18-20-21-22-23-24-25-27-29-31-33-35-37-45(49)54-42(40-52-39-38-43(46(50)51)47(3,4)5)41-53-44(48)36-34-32-30-28-26-19-17-15-13-11-9-7-2/h9,11,15,17,26,28,42-43H,6-8,10,12-14,16,18-25,27,29-41H2,1-5H3/b11-9+,17-15+,28-26+. The van der Waals surface area contributed by atoms with E-state index in [1.165, 1.54) is 96.3 Å². The van der Waals surface area contributed by atoms with E-state index in [2.05, 4.69) is 50.3 Å². The van der Waals surface area contributed by atoms with Crippen LogP contribution in [0.5, 0.6) is 0 Å². The van der Waals surface area contributed by atoms with Gasteiger partial charge in [-0.1, -0.05) is 159 Å². The number of unbranched alkanes of at least 4 members (excludes halogenated alkanes) is 19. The van der Waals surface area contributed by atoms with Gasteiger partial charge in [0.1, 0.15) is 12.6 Å². The minimum Gasteiger partial charge on any atom is -0.544 e. The summed E-state index contributed by atoms with van der Waals surface area (Å²) in [5.41, 5.74) is 0. The highest BCUT2D eigenvalue weighted by atomic mass is 16.6. The van der Waals surface area contributed by atoms with E-state index >= 15 is 0 Å². The topological polar surface area (TPSA) is 102 Å². The predicted octanol–water partition coefficient (Wildman–Crippen LogP) is 10.5. The highest BCUT2D eigenvalue weighted by Gasteiger charge is 2.25. The van der Waals surface area contributed by atoms with Crippen LogP contribution < -0.4 is 5.11 Å². The van der Waals surface area contributed by atoms with Gasteiger partial charge in [0.15, 0.2) is 6.10 Å². The lowest BCUT2D eigenvalue weighted by Crippen LogP contribution is -2.55. The van der Waals surface area contributed by atoms with Gasteiger partial charge in [-0.3, -0.25) is 9.59 Å². The number of hydrogen-bond acceptors (Lipinski definition) is 7. The van der Waals surface area contributed by atoms with Crippen molar-refractivity contribution in [2.24, 2.45) is 0 Å². The molecule has 0 aliphatic heterocycles. The summed E-state index contributed by atoms with van der Waals surface area (Å²) in [6, 6.07) is -0.729. The average Bonchev–Trinajstić information content (AvgIpc) is 3.12. The zero-order valence-electron chi connectivity index (χ0n) is 35.6. The van der Waals surface area contributed by atoms with Crippen molar-refractivity contribution in [3.8, 4) is 0 Å². The Morgan fingerprint density at radius 3 is 1.54 bits per heavy atom. The summed E-state index contributed by atoms with van der Waals surface area (Å²) >= 11 is 0. The van der Waals surface area contributed by atoms with Crippen molar-refractivity contribution in [2.45, 2.75) is 199 Å². The Morgan fingerprint density at radius 1 is 0.574 bits per heavy atom. The van der Waals surface area contributed by atoms with Crippen LogP contribution in [0.25, 0.3) is 0 Å². The summed E-state index contributed by atoms with van der Waals surface area (Å²) in [7, 11) is 5.39. The van der Waals surface area contributed by atoms with Crippen molar-refractivity contribution < 1.29 is 38.2 Å². The highest BCUT2D eigenvalue weighted by molar-refractivity contribution is 5.70. The van der Waals surface area contributed by atoms with Gasteiger partial charge in [-0.25, -0.2) is 0 Å². The second-order valence-corrected chi connectivity index (χ2v) is 15.9. The molecule has 54 heavy (non-hydrogen) atoms. The fourth-order valence-corrected chi connectivity index (χ4v) is 6.38. The molecule has 2 unspecified atom stereocenters. The molecular formula is C46H83NO7. The van der Waals surface area contributed by atoms with Crippen LogP contribution in [0.4, 0.5) is 0 Å². The number of carboxylic acid groups (broad SMARTS) is 1. The molecule has 0 aromatic heterocycles. The first kappa shape index (κ1) is 51.5. The van der Waals surface area contributed by atoms with Crippen molar-refractivity contribution in [3.63, 3.8) is 0 Å². The molecule has 0 bridgehead atoms. The number of aliphatic carboxylic acids is 1. The lowest BCUT2D eigenvalue weighted by Gasteiger charge is -2.34. The van der Waals surface area contributed by atoms with Gasteiger partial charge in [0.25, 0.3) is 0 Å². The number of quaternary nitrogens is 1. The van der Waals surface area contributed by atoms with E-state index in [4.69, 9.17) is 14.2 Å². The molecule has 314 valence electrons. The van der Waals surface area contributed by atoms with Crippen LogP contribution in [0.3, 0.4) is 0 Å². The number of rotatable bonds is 39. The molecule has 0 aliphatic rings. The Labute approximate surface area is 332 Å². The molecule has 0 N–H and O–H groups in total. The summed E-state index contributed by atoms with van der Waals surface area (Å²) in [5.74, 6) is -1.78. The highest BCUT2D eigenvalue weighted by Crippen LogP contribution is 2.15. The third-order valence-electron chi connectivity index (χ3n) is 9.79. The Hall–Kier alpha value is -2.45. The molecule has 0 rings (SSSR count). The van der Waals surface area contributed by atoms with Crippen LogP contribution in [0.2, 0.25) is 0 Å². The Morgan fingerprint density at radius 2 is 1.04 bits per heavy atom. The lowest BCUT2D eigenvalue weighted by molar-refractivity contribution is -0.889. The molecule has 8 nitrogen and oxygen atoms in total. The normalized spacial score (nSPS) is 13.3. The number of hydrogen-bond donors (Lipinski definition) is 0. The molecule has 0 spiro atoms. The number of allylic oxidation sites excluding steroid dienone is 6. The van der Waals surface area contributed by atoms with Crippen LogP contribution >= 0.6 is 0 Å². The summed E-state index contributed by atoms with van der Waals surface area (Å²) in [6.45, 7) is 4.51.